The van der Waals surface area contributed by atoms with E-state index in [1.54, 1.807) is 0 Å². The van der Waals surface area contributed by atoms with E-state index in [2.05, 4.69) is 13.8 Å². The molecule has 2 atom stereocenters. The smallest absolute Gasteiger partial charge is 0.306 e. The van der Waals surface area contributed by atoms with Crippen LogP contribution < -0.4 is 5.73 Å². The highest BCUT2D eigenvalue weighted by molar-refractivity contribution is 7.91. The van der Waals surface area contributed by atoms with E-state index in [1.807, 2.05) is 0 Å². The van der Waals surface area contributed by atoms with Gasteiger partial charge < -0.3 is 10.5 Å². The molecule has 1 aliphatic heterocycles. The van der Waals surface area contributed by atoms with Crippen LogP contribution in [0.3, 0.4) is 0 Å². The maximum atomic E-state index is 11.8. The molecule has 0 bridgehead atoms. The van der Waals surface area contributed by atoms with Gasteiger partial charge in [-0.3, -0.25) is 4.79 Å². The van der Waals surface area contributed by atoms with Crippen LogP contribution in [0, 0.1) is 17.8 Å². The minimum atomic E-state index is -2.93. The van der Waals surface area contributed by atoms with E-state index in [9.17, 15) is 13.2 Å². The number of carbonyl (C=O) groups excluding carboxylic acids is 1. The van der Waals surface area contributed by atoms with E-state index in [4.69, 9.17) is 10.5 Å². The summed E-state index contributed by atoms with van der Waals surface area (Å²) < 4.78 is 28.2. The number of rotatable bonds is 7. The lowest BCUT2D eigenvalue weighted by Crippen LogP contribution is -2.29. The second-order valence-electron chi connectivity index (χ2n) is 6.24. The zero-order valence-corrected chi connectivity index (χ0v) is 13.3. The molecule has 1 aliphatic rings. The van der Waals surface area contributed by atoms with E-state index in [1.165, 1.54) is 0 Å². The lowest BCUT2D eigenvalue weighted by Gasteiger charge is -2.22. The van der Waals surface area contributed by atoms with E-state index in [0.717, 1.165) is 12.8 Å². The van der Waals surface area contributed by atoms with Gasteiger partial charge in [-0.25, -0.2) is 8.42 Å². The summed E-state index contributed by atoms with van der Waals surface area (Å²) in [6, 6.07) is 0. The third kappa shape index (κ3) is 6.70. The number of ether oxygens (including phenoxy) is 1. The summed E-state index contributed by atoms with van der Waals surface area (Å²) >= 11 is 0. The van der Waals surface area contributed by atoms with Crippen molar-refractivity contribution in [1.29, 1.82) is 0 Å². The normalized spacial score (nSPS) is 23.5. The molecular weight excluding hydrogens is 278 g/mol. The monoisotopic (exact) mass is 305 g/mol. The van der Waals surface area contributed by atoms with Crippen LogP contribution in [0.4, 0.5) is 0 Å². The van der Waals surface area contributed by atoms with Gasteiger partial charge in [0.25, 0.3) is 0 Å². The van der Waals surface area contributed by atoms with Crippen LogP contribution >= 0.6 is 0 Å². The molecule has 1 unspecified atom stereocenters. The van der Waals surface area contributed by atoms with Gasteiger partial charge in [0, 0.05) is 12.3 Å². The molecule has 0 aromatic heterocycles. The Bertz CT molecular complexity index is 405. The Kier molecular flexibility index (Phi) is 6.95. The molecule has 0 saturated carbocycles. The Hall–Kier alpha value is -0.620. The molecule has 0 radical (unpaired) electrons. The largest absolute Gasteiger partial charge is 0.465 e. The summed E-state index contributed by atoms with van der Waals surface area (Å²) in [7, 11) is -2.93. The average molecular weight is 305 g/mol. The summed E-state index contributed by atoms with van der Waals surface area (Å²) in [4.78, 5) is 11.8. The number of carbonyl (C=O) groups is 1. The fourth-order valence-electron chi connectivity index (χ4n) is 2.68. The van der Waals surface area contributed by atoms with Crippen molar-refractivity contribution in [2.75, 3.05) is 24.7 Å². The van der Waals surface area contributed by atoms with Crippen molar-refractivity contribution in [1.82, 2.24) is 0 Å². The zero-order valence-electron chi connectivity index (χ0n) is 12.5. The molecule has 118 valence electrons. The fraction of sp³-hybridized carbons (Fsp3) is 0.929. The van der Waals surface area contributed by atoms with Gasteiger partial charge in [0.2, 0.25) is 0 Å². The Labute approximate surface area is 122 Å². The molecule has 5 nitrogen and oxygen atoms in total. The second-order valence-corrected chi connectivity index (χ2v) is 8.47. The molecule has 1 heterocycles. The molecule has 0 amide bonds. The zero-order chi connectivity index (χ0) is 15.2. The number of hydrogen-bond acceptors (Lipinski definition) is 5. The van der Waals surface area contributed by atoms with Crippen LogP contribution in [0.1, 0.15) is 39.5 Å². The molecule has 0 aromatic carbocycles. The first-order valence-electron chi connectivity index (χ1n) is 7.38. The Morgan fingerprint density at radius 1 is 1.40 bits per heavy atom. The number of sulfone groups is 1. The topological polar surface area (TPSA) is 86.5 Å². The van der Waals surface area contributed by atoms with Crippen LogP contribution in [-0.2, 0) is 19.4 Å². The number of esters is 1. The number of nitrogens with two attached hydrogens (primary N) is 1. The first-order chi connectivity index (χ1) is 9.32. The maximum Gasteiger partial charge on any atom is 0.306 e. The van der Waals surface area contributed by atoms with Crippen molar-refractivity contribution in [2.24, 2.45) is 23.5 Å². The highest BCUT2D eigenvalue weighted by Gasteiger charge is 2.26. The van der Waals surface area contributed by atoms with Gasteiger partial charge in [-0.15, -0.1) is 0 Å². The molecule has 2 N–H and O–H groups in total. The van der Waals surface area contributed by atoms with E-state index >= 15 is 0 Å². The SMILES string of the molecule is CC(C)C[C@H](CN)CC(=O)OCC1CCCS(=O)(=O)C1. The van der Waals surface area contributed by atoms with Crippen LogP contribution in [0.5, 0.6) is 0 Å². The fourth-order valence-corrected chi connectivity index (χ4v) is 4.44. The first-order valence-corrected chi connectivity index (χ1v) is 9.20. The van der Waals surface area contributed by atoms with Gasteiger partial charge in [0.15, 0.2) is 9.84 Å². The van der Waals surface area contributed by atoms with Crippen LogP contribution in [-0.4, -0.2) is 39.0 Å². The molecule has 0 aliphatic carbocycles. The Morgan fingerprint density at radius 3 is 2.65 bits per heavy atom. The standard InChI is InChI=1S/C14H27NO4S/c1-11(2)6-13(8-15)7-14(16)19-9-12-4-3-5-20(17,18)10-12/h11-13H,3-10,15H2,1-2H3/t12?,13-/m0/s1. The Balaban J connectivity index is 2.32. The van der Waals surface area contributed by atoms with Crippen molar-refractivity contribution in [2.45, 2.75) is 39.5 Å². The molecule has 6 heteroatoms. The predicted octanol–water partition coefficient (Wildman–Crippen LogP) is 1.37. The summed E-state index contributed by atoms with van der Waals surface area (Å²) in [6.07, 6.45) is 2.72. The van der Waals surface area contributed by atoms with Crippen molar-refractivity contribution >= 4 is 15.8 Å². The quantitative estimate of drug-likeness (QED) is 0.718. The van der Waals surface area contributed by atoms with E-state index in [-0.39, 0.29) is 35.9 Å². The molecule has 1 rings (SSSR count). The van der Waals surface area contributed by atoms with Crippen LogP contribution in [0.15, 0.2) is 0 Å². The van der Waals surface area contributed by atoms with Gasteiger partial charge in [0.05, 0.1) is 18.1 Å². The van der Waals surface area contributed by atoms with Gasteiger partial charge in [-0.2, -0.15) is 0 Å². The average Bonchev–Trinajstić information content (AvgIpc) is 2.34. The minimum absolute atomic E-state index is 0.0425. The highest BCUT2D eigenvalue weighted by atomic mass is 32.2. The second kappa shape index (κ2) is 7.98. The van der Waals surface area contributed by atoms with Crippen molar-refractivity contribution in [3.63, 3.8) is 0 Å². The number of hydrogen-bond donors (Lipinski definition) is 1. The molecule has 0 aromatic rings. The lowest BCUT2D eigenvalue weighted by atomic mass is 9.94. The third-order valence-corrected chi connectivity index (χ3v) is 5.52. The first kappa shape index (κ1) is 17.4. The highest BCUT2D eigenvalue weighted by Crippen LogP contribution is 2.19. The van der Waals surface area contributed by atoms with Crippen molar-refractivity contribution < 1.29 is 17.9 Å². The van der Waals surface area contributed by atoms with Crippen LogP contribution in [0.25, 0.3) is 0 Å². The van der Waals surface area contributed by atoms with E-state index < -0.39 is 9.84 Å². The summed E-state index contributed by atoms with van der Waals surface area (Å²) in [5.74, 6) is 0.758. The van der Waals surface area contributed by atoms with E-state index in [0.29, 0.717) is 25.3 Å². The summed E-state index contributed by atoms with van der Waals surface area (Å²) in [6.45, 7) is 4.89. The summed E-state index contributed by atoms with van der Waals surface area (Å²) in [5, 5.41) is 0. The van der Waals surface area contributed by atoms with Gasteiger partial charge in [0.1, 0.15) is 0 Å². The predicted molar refractivity (Wildman–Crippen MR) is 79.0 cm³/mol. The van der Waals surface area contributed by atoms with Gasteiger partial charge in [-0.1, -0.05) is 13.8 Å². The molecular formula is C14H27NO4S. The lowest BCUT2D eigenvalue weighted by molar-refractivity contribution is -0.146. The minimum Gasteiger partial charge on any atom is -0.465 e. The van der Waals surface area contributed by atoms with Gasteiger partial charge >= 0.3 is 5.97 Å². The molecule has 1 fully saturated rings. The van der Waals surface area contributed by atoms with Crippen LogP contribution in [0.2, 0.25) is 0 Å². The van der Waals surface area contributed by atoms with Crippen molar-refractivity contribution in [3.8, 4) is 0 Å². The maximum absolute atomic E-state index is 11.8. The Morgan fingerprint density at radius 2 is 2.10 bits per heavy atom. The molecule has 1 saturated heterocycles. The van der Waals surface area contributed by atoms with Crippen molar-refractivity contribution in [3.05, 3.63) is 0 Å². The molecule has 0 spiro atoms. The third-order valence-electron chi connectivity index (χ3n) is 3.63. The molecule has 20 heavy (non-hydrogen) atoms. The van der Waals surface area contributed by atoms with Gasteiger partial charge in [-0.05, 0) is 37.6 Å². The summed E-state index contributed by atoms with van der Waals surface area (Å²) in [5.41, 5.74) is 5.66.